The van der Waals surface area contributed by atoms with E-state index in [-0.39, 0.29) is 0 Å². The summed E-state index contributed by atoms with van der Waals surface area (Å²) in [7, 11) is 0. The standard InChI is InChI=1S/C4H4N/c1-3-5-4-2/h1,4H,2H2. The molecule has 0 aromatic carbocycles. The van der Waals surface area contributed by atoms with E-state index in [9.17, 15) is 0 Å². The molecular weight excluding hydrogens is 62.1 g/mol. The van der Waals surface area contributed by atoms with Crippen LogP contribution in [0.3, 0.4) is 0 Å². The van der Waals surface area contributed by atoms with Crippen molar-refractivity contribution in [3.8, 4) is 12.5 Å². The summed E-state index contributed by atoms with van der Waals surface area (Å²) in [5.41, 5.74) is 0. The first-order valence-electron chi connectivity index (χ1n) is 1.18. The molecule has 0 amide bonds. The minimum absolute atomic E-state index is 1.32. The Bertz CT molecular complexity index is 58.5. The SMILES string of the molecule is C#C[N]C=C. The van der Waals surface area contributed by atoms with Gasteiger partial charge in [0.1, 0.15) is 0 Å². The van der Waals surface area contributed by atoms with E-state index >= 15 is 0 Å². The van der Waals surface area contributed by atoms with Crippen LogP contribution in [0.5, 0.6) is 0 Å². The van der Waals surface area contributed by atoms with Crippen molar-refractivity contribution in [2.45, 2.75) is 0 Å². The lowest BCUT2D eigenvalue weighted by Crippen LogP contribution is -1.74. The van der Waals surface area contributed by atoms with Gasteiger partial charge in [0.05, 0.1) is 0 Å². The molecule has 0 aromatic heterocycles. The zero-order valence-corrected chi connectivity index (χ0v) is 2.81. The molecule has 0 aliphatic heterocycles. The topological polar surface area (TPSA) is 14.1 Å². The van der Waals surface area contributed by atoms with E-state index in [0.29, 0.717) is 0 Å². The highest BCUT2D eigenvalue weighted by Gasteiger charge is 1.48. The third-order valence-corrected chi connectivity index (χ3v) is 0.166. The Hall–Kier alpha value is -0.900. The molecule has 0 spiro atoms. The van der Waals surface area contributed by atoms with Crippen molar-refractivity contribution in [1.29, 1.82) is 0 Å². The predicted octanol–water partition coefficient (Wildman–Crippen LogP) is 0.325. The smallest absolute Gasteiger partial charge is 0.0303 e. The molecule has 1 nitrogen and oxygen atoms in total. The Morgan fingerprint density at radius 2 is 2.60 bits per heavy atom. The molecule has 0 aliphatic rings. The molecule has 0 aromatic rings. The zero-order valence-electron chi connectivity index (χ0n) is 2.81. The van der Waals surface area contributed by atoms with Crippen LogP contribution in [-0.4, -0.2) is 0 Å². The fraction of sp³-hybridized carbons (Fsp3) is 0. The third kappa shape index (κ3) is 3.10. The van der Waals surface area contributed by atoms with E-state index < -0.39 is 0 Å². The zero-order chi connectivity index (χ0) is 4.12. The first-order valence-corrected chi connectivity index (χ1v) is 1.18. The molecule has 1 radical (unpaired) electrons. The lowest BCUT2D eigenvalue weighted by Gasteiger charge is -1.64. The van der Waals surface area contributed by atoms with Gasteiger partial charge in [0.15, 0.2) is 0 Å². The van der Waals surface area contributed by atoms with Gasteiger partial charge in [-0.25, -0.2) is 5.32 Å². The Kier molecular flexibility index (Phi) is 2.54. The Morgan fingerprint density at radius 3 is 2.60 bits per heavy atom. The van der Waals surface area contributed by atoms with E-state index in [4.69, 9.17) is 0 Å². The summed E-state index contributed by atoms with van der Waals surface area (Å²) >= 11 is 0. The maximum atomic E-state index is 4.65. The molecule has 0 atom stereocenters. The highest BCUT2D eigenvalue weighted by molar-refractivity contribution is 4.84. The minimum atomic E-state index is 1.32. The van der Waals surface area contributed by atoms with Crippen LogP contribution in [0.15, 0.2) is 12.8 Å². The fourth-order valence-corrected chi connectivity index (χ4v) is 0.0527. The lowest BCUT2D eigenvalue weighted by molar-refractivity contribution is 1.25. The summed E-state index contributed by atoms with van der Waals surface area (Å²) in [5.74, 6) is 0. The van der Waals surface area contributed by atoms with Gasteiger partial charge >= 0.3 is 0 Å². The summed E-state index contributed by atoms with van der Waals surface area (Å²) in [6.45, 7) is 3.24. The Labute approximate surface area is 31.7 Å². The van der Waals surface area contributed by atoms with Crippen LogP contribution >= 0.6 is 0 Å². The molecule has 25 valence electrons. The number of hydrogen-bond acceptors (Lipinski definition) is 0. The number of rotatable bonds is 1. The van der Waals surface area contributed by atoms with Crippen LogP contribution in [0.2, 0.25) is 0 Å². The third-order valence-electron chi connectivity index (χ3n) is 0.166. The van der Waals surface area contributed by atoms with E-state index in [1.807, 2.05) is 6.04 Å². The van der Waals surface area contributed by atoms with E-state index in [1.165, 1.54) is 6.20 Å². The van der Waals surface area contributed by atoms with Crippen LogP contribution < -0.4 is 5.32 Å². The van der Waals surface area contributed by atoms with Crippen LogP contribution in [-0.2, 0) is 0 Å². The van der Waals surface area contributed by atoms with Crippen molar-refractivity contribution >= 4 is 0 Å². The molecule has 5 heavy (non-hydrogen) atoms. The number of hydrogen-bond donors (Lipinski definition) is 0. The Balaban J connectivity index is 2.75. The maximum Gasteiger partial charge on any atom is 0.0303 e. The van der Waals surface area contributed by atoms with Gasteiger partial charge < -0.3 is 0 Å². The lowest BCUT2D eigenvalue weighted by atomic mass is 11.0. The Morgan fingerprint density at radius 1 is 2.00 bits per heavy atom. The molecule has 0 bridgehead atoms. The van der Waals surface area contributed by atoms with Crippen molar-refractivity contribution in [1.82, 2.24) is 5.32 Å². The molecule has 0 heterocycles. The van der Waals surface area contributed by atoms with Crippen molar-refractivity contribution < 1.29 is 0 Å². The summed E-state index contributed by atoms with van der Waals surface area (Å²) in [6, 6.07) is 2.02. The highest BCUT2D eigenvalue weighted by atomic mass is 14.8. The fourth-order valence-electron chi connectivity index (χ4n) is 0.0527. The number of nitrogens with zero attached hydrogens (tertiary/aromatic N) is 1. The van der Waals surface area contributed by atoms with Crippen LogP contribution in [0, 0.1) is 12.5 Å². The van der Waals surface area contributed by atoms with Gasteiger partial charge in [-0.3, -0.25) is 0 Å². The molecule has 1 heteroatoms. The molecule has 0 unspecified atom stereocenters. The van der Waals surface area contributed by atoms with Gasteiger partial charge in [-0.15, -0.1) is 0 Å². The van der Waals surface area contributed by atoms with E-state index in [1.54, 1.807) is 0 Å². The highest BCUT2D eigenvalue weighted by Crippen LogP contribution is 1.45. The number of terminal acetylenes is 1. The maximum absolute atomic E-state index is 4.65. The van der Waals surface area contributed by atoms with E-state index in [0.717, 1.165) is 0 Å². The molecule has 0 fully saturated rings. The second kappa shape index (κ2) is 3.10. The molecule has 0 saturated heterocycles. The van der Waals surface area contributed by atoms with Crippen molar-refractivity contribution in [3.63, 3.8) is 0 Å². The molecule has 0 aliphatic carbocycles. The van der Waals surface area contributed by atoms with Gasteiger partial charge in [-0.05, 0) is 0 Å². The van der Waals surface area contributed by atoms with Gasteiger partial charge in [-0.1, -0.05) is 13.0 Å². The summed E-state index contributed by atoms with van der Waals surface area (Å²) in [4.78, 5) is 0. The van der Waals surface area contributed by atoms with Gasteiger partial charge in [0.25, 0.3) is 0 Å². The molecule has 0 saturated carbocycles. The van der Waals surface area contributed by atoms with Gasteiger partial charge in [0, 0.05) is 12.2 Å². The van der Waals surface area contributed by atoms with Crippen LogP contribution in [0.1, 0.15) is 0 Å². The van der Waals surface area contributed by atoms with Crippen molar-refractivity contribution in [2.75, 3.05) is 0 Å². The van der Waals surface area contributed by atoms with Crippen LogP contribution in [0.4, 0.5) is 0 Å². The predicted molar refractivity (Wildman–Crippen MR) is 21.2 cm³/mol. The summed E-state index contributed by atoms with van der Waals surface area (Å²) in [5, 5.41) is 3.26. The first-order chi connectivity index (χ1) is 2.41. The van der Waals surface area contributed by atoms with E-state index in [2.05, 4.69) is 18.3 Å². The largest absolute Gasteiger partial charge is 0.207 e. The molecule has 0 N–H and O–H groups in total. The second-order valence-corrected chi connectivity index (χ2v) is 0.441. The average molecular weight is 66.1 g/mol. The molecule has 0 rings (SSSR count). The normalized spacial score (nSPS) is 4.60. The summed E-state index contributed by atoms with van der Waals surface area (Å²) < 4.78 is 0. The van der Waals surface area contributed by atoms with Crippen LogP contribution in [0.25, 0.3) is 0 Å². The second-order valence-electron chi connectivity index (χ2n) is 0.441. The summed E-state index contributed by atoms with van der Waals surface area (Å²) in [6.07, 6.45) is 5.97. The minimum Gasteiger partial charge on any atom is -0.207 e. The van der Waals surface area contributed by atoms with Crippen molar-refractivity contribution in [2.24, 2.45) is 0 Å². The first kappa shape index (κ1) is 4.10. The van der Waals surface area contributed by atoms with Gasteiger partial charge in [-0.2, -0.15) is 0 Å². The molecular formula is C4H4N. The van der Waals surface area contributed by atoms with Crippen molar-refractivity contribution in [3.05, 3.63) is 12.8 Å². The monoisotopic (exact) mass is 66.0 g/mol. The quantitative estimate of drug-likeness (QED) is 0.391. The average Bonchev–Trinajstić information content (AvgIpc) is 1.41. The van der Waals surface area contributed by atoms with Gasteiger partial charge in [0.2, 0.25) is 0 Å².